The second kappa shape index (κ2) is 6.99. The number of hydrogen-bond donors (Lipinski definition) is 2. The summed E-state index contributed by atoms with van der Waals surface area (Å²) in [6, 6.07) is 7.07. The standard InChI is InChI=1S/C15H17ClN2O2S2.ClH/c1-9-7-14(21-15(9)16)22(19,20)18-13-4-2-3-10-8-11(17)5-6-12(10)13;/h5-8,13,18H,2-4,17H2,1H3;1H. The van der Waals surface area contributed by atoms with Crippen molar-refractivity contribution in [3.63, 3.8) is 0 Å². The Morgan fingerprint density at radius 3 is 2.74 bits per heavy atom. The highest BCUT2D eigenvalue weighted by atomic mass is 35.5. The van der Waals surface area contributed by atoms with Crippen molar-refractivity contribution in [2.24, 2.45) is 0 Å². The van der Waals surface area contributed by atoms with E-state index >= 15 is 0 Å². The number of fused-ring (bicyclic) bond motifs is 1. The van der Waals surface area contributed by atoms with Crippen molar-refractivity contribution >= 4 is 51.1 Å². The van der Waals surface area contributed by atoms with Gasteiger partial charge in [0, 0.05) is 11.7 Å². The second-order valence-electron chi connectivity index (χ2n) is 5.55. The van der Waals surface area contributed by atoms with Crippen LogP contribution in [0.4, 0.5) is 5.69 Å². The molecule has 1 atom stereocenters. The molecule has 0 amide bonds. The Morgan fingerprint density at radius 2 is 2.09 bits per heavy atom. The highest BCUT2D eigenvalue weighted by Gasteiger charge is 2.27. The molecule has 1 aromatic heterocycles. The van der Waals surface area contributed by atoms with Gasteiger partial charge in [0.2, 0.25) is 0 Å². The lowest BCUT2D eigenvalue weighted by molar-refractivity contribution is 0.508. The van der Waals surface area contributed by atoms with Crippen LogP contribution in [0.5, 0.6) is 0 Å². The second-order valence-corrected chi connectivity index (χ2v) is 9.14. The van der Waals surface area contributed by atoms with Crippen LogP contribution >= 0.6 is 35.3 Å². The lowest BCUT2D eigenvalue weighted by Gasteiger charge is -2.26. The molecule has 126 valence electrons. The summed E-state index contributed by atoms with van der Waals surface area (Å²) in [5.41, 5.74) is 9.45. The predicted molar refractivity (Wildman–Crippen MR) is 98.2 cm³/mol. The normalized spacial score (nSPS) is 17.4. The molecule has 0 spiro atoms. The van der Waals surface area contributed by atoms with Crippen LogP contribution in [0.2, 0.25) is 4.34 Å². The molecule has 4 nitrogen and oxygen atoms in total. The summed E-state index contributed by atoms with van der Waals surface area (Å²) in [5, 5.41) is 0. The summed E-state index contributed by atoms with van der Waals surface area (Å²) in [6.07, 6.45) is 2.66. The van der Waals surface area contributed by atoms with Gasteiger partial charge in [0.1, 0.15) is 4.21 Å². The van der Waals surface area contributed by atoms with Crippen LogP contribution in [0.1, 0.15) is 35.6 Å². The minimum absolute atomic E-state index is 0. The Morgan fingerprint density at radius 1 is 1.35 bits per heavy atom. The van der Waals surface area contributed by atoms with E-state index in [4.69, 9.17) is 17.3 Å². The first-order valence-electron chi connectivity index (χ1n) is 7.03. The molecule has 2 aromatic rings. The molecular formula is C15H18Cl2N2O2S2. The van der Waals surface area contributed by atoms with Gasteiger partial charge in [0.15, 0.2) is 0 Å². The van der Waals surface area contributed by atoms with Crippen molar-refractivity contribution in [3.05, 3.63) is 45.3 Å². The molecule has 0 saturated carbocycles. The molecule has 1 unspecified atom stereocenters. The van der Waals surface area contributed by atoms with E-state index in [0.29, 0.717) is 10.0 Å². The molecule has 0 saturated heterocycles. The molecule has 0 bridgehead atoms. The van der Waals surface area contributed by atoms with E-state index in [1.165, 1.54) is 0 Å². The summed E-state index contributed by atoms with van der Waals surface area (Å²) in [7, 11) is -3.56. The van der Waals surface area contributed by atoms with Crippen LogP contribution in [0.15, 0.2) is 28.5 Å². The van der Waals surface area contributed by atoms with Crippen molar-refractivity contribution in [2.45, 2.75) is 36.4 Å². The average molecular weight is 393 g/mol. The highest BCUT2D eigenvalue weighted by molar-refractivity contribution is 7.91. The number of anilines is 1. The van der Waals surface area contributed by atoms with Crippen LogP contribution in [-0.4, -0.2) is 8.42 Å². The highest BCUT2D eigenvalue weighted by Crippen LogP contribution is 2.34. The van der Waals surface area contributed by atoms with Gasteiger partial charge < -0.3 is 5.73 Å². The fraction of sp³-hybridized carbons (Fsp3) is 0.333. The SMILES string of the molecule is Cc1cc(S(=O)(=O)NC2CCCc3cc(N)ccc32)sc1Cl.Cl. The number of nitrogens with one attached hydrogen (secondary N) is 1. The van der Waals surface area contributed by atoms with E-state index in [9.17, 15) is 8.42 Å². The number of sulfonamides is 1. The topological polar surface area (TPSA) is 72.2 Å². The smallest absolute Gasteiger partial charge is 0.250 e. The van der Waals surface area contributed by atoms with E-state index < -0.39 is 10.0 Å². The maximum absolute atomic E-state index is 12.6. The molecule has 1 aromatic carbocycles. The van der Waals surface area contributed by atoms with Crippen LogP contribution in [-0.2, 0) is 16.4 Å². The number of nitrogen functional groups attached to an aromatic ring is 1. The van der Waals surface area contributed by atoms with E-state index in [1.807, 2.05) is 18.2 Å². The van der Waals surface area contributed by atoms with Crippen molar-refractivity contribution in [1.82, 2.24) is 4.72 Å². The van der Waals surface area contributed by atoms with Crippen molar-refractivity contribution in [2.75, 3.05) is 5.73 Å². The fourth-order valence-corrected chi connectivity index (χ4v) is 5.74. The number of aryl methyl sites for hydroxylation is 2. The van der Waals surface area contributed by atoms with Gasteiger partial charge in [-0.2, -0.15) is 0 Å². The van der Waals surface area contributed by atoms with Gasteiger partial charge >= 0.3 is 0 Å². The van der Waals surface area contributed by atoms with Crippen LogP contribution in [0, 0.1) is 6.92 Å². The first-order chi connectivity index (χ1) is 10.4. The van der Waals surface area contributed by atoms with Gasteiger partial charge in [0.05, 0.1) is 4.34 Å². The van der Waals surface area contributed by atoms with E-state index in [2.05, 4.69) is 4.72 Å². The number of thiophene rings is 1. The minimum Gasteiger partial charge on any atom is -0.399 e. The lowest BCUT2D eigenvalue weighted by Crippen LogP contribution is -2.30. The maximum atomic E-state index is 12.6. The summed E-state index contributed by atoms with van der Waals surface area (Å²) in [4.78, 5) is 0. The third-order valence-corrected chi connectivity index (χ3v) is 7.38. The monoisotopic (exact) mass is 392 g/mol. The molecule has 1 aliphatic carbocycles. The third kappa shape index (κ3) is 3.83. The van der Waals surface area contributed by atoms with Crippen molar-refractivity contribution in [3.8, 4) is 0 Å². The first kappa shape index (κ1) is 18.5. The number of halogens is 2. The summed E-state index contributed by atoms with van der Waals surface area (Å²) in [6.45, 7) is 1.80. The van der Waals surface area contributed by atoms with Crippen LogP contribution < -0.4 is 10.5 Å². The zero-order valence-electron chi connectivity index (χ0n) is 12.5. The van der Waals surface area contributed by atoms with Gasteiger partial charge in [-0.05, 0) is 61.1 Å². The molecule has 3 N–H and O–H groups in total. The molecule has 3 rings (SSSR count). The fourth-order valence-electron chi connectivity index (χ4n) is 2.77. The van der Waals surface area contributed by atoms with Crippen molar-refractivity contribution in [1.29, 1.82) is 0 Å². The quantitative estimate of drug-likeness (QED) is 0.773. The minimum atomic E-state index is -3.56. The molecule has 0 aliphatic heterocycles. The molecule has 8 heteroatoms. The molecule has 23 heavy (non-hydrogen) atoms. The Kier molecular flexibility index (Phi) is 5.63. The molecule has 0 fully saturated rings. The molecular weight excluding hydrogens is 375 g/mol. The Labute approximate surface area is 151 Å². The number of rotatable bonds is 3. The third-order valence-electron chi connectivity index (χ3n) is 3.88. The molecule has 1 heterocycles. The Bertz CT molecular complexity index is 799. The van der Waals surface area contributed by atoms with Crippen LogP contribution in [0.25, 0.3) is 0 Å². The Balaban J connectivity index is 0.00000192. The van der Waals surface area contributed by atoms with Crippen LogP contribution in [0.3, 0.4) is 0 Å². The maximum Gasteiger partial charge on any atom is 0.250 e. The number of nitrogens with two attached hydrogens (primary N) is 1. The summed E-state index contributed by atoms with van der Waals surface area (Å²) < 4.78 is 28.7. The number of benzene rings is 1. The van der Waals surface area contributed by atoms with Crippen molar-refractivity contribution < 1.29 is 8.42 Å². The van der Waals surface area contributed by atoms with E-state index in [1.54, 1.807) is 13.0 Å². The van der Waals surface area contributed by atoms with Gasteiger partial charge in [-0.3, -0.25) is 0 Å². The molecule has 1 aliphatic rings. The van der Waals surface area contributed by atoms with E-state index in [0.717, 1.165) is 47.3 Å². The predicted octanol–water partition coefficient (Wildman–Crippen LogP) is 4.07. The summed E-state index contributed by atoms with van der Waals surface area (Å²) >= 11 is 7.08. The van der Waals surface area contributed by atoms with Gasteiger partial charge in [-0.1, -0.05) is 17.7 Å². The van der Waals surface area contributed by atoms with Gasteiger partial charge in [-0.15, -0.1) is 23.7 Å². The zero-order valence-corrected chi connectivity index (χ0v) is 15.7. The van der Waals surface area contributed by atoms with E-state index in [-0.39, 0.29) is 22.7 Å². The summed E-state index contributed by atoms with van der Waals surface area (Å²) in [5.74, 6) is 0. The lowest BCUT2D eigenvalue weighted by atomic mass is 9.88. The average Bonchev–Trinajstić information content (AvgIpc) is 2.79. The number of hydrogen-bond acceptors (Lipinski definition) is 4. The Hall–Kier alpha value is -0.790. The molecule has 0 radical (unpaired) electrons. The zero-order chi connectivity index (χ0) is 15.9. The van der Waals surface area contributed by atoms with Gasteiger partial charge in [-0.25, -0.2) is 13.1 Å². The largest absolute Gasteiger partial charge is 0.399 e. The van der Waals surface area contributed by atoms with Gasteiger partial charge in [0.25, 0.3) is 10.0 Å². The first-order valence-corrected chi connectivity index (χ1v) is 9.71.